The van der Waals surface area contributed by atoms with E-state index in [1.54, 1.807) is 11.8 Å². The van der Waals surface area contributed by atoms with Crippen LogP contribution in [0.2, 0.25) is 5.02 Å². The van der Waals surface area contributed by atoms with Crippen molar-refractivity contribution in [1.29, 1.82) is 0 Å². The van der Waals surface area contributed by atoms with Crippen LogP contribution in [0.1, 0.15) is 66.2 Å². The number of hydrogen-bond acceptors (Lipinski definition) is 4. The second kappa shape index (κ2) is 12.3. The number of H-pyrrole nitrogens is 1. The molecule has 1 saturated carbocycles. The van der Waals surface area contributed by atoms with Crippen molar-refractivity contribution < 1.29 is 9.47 Å². The third-order valence-electron chi connectivity index (χ3n) is 8.92. The van der Waals surface area contributed by atoms with Gasteiger partial charge in [-0.05, 0) is 78.1 Å². The number of pyridine rings is 1. The van der Waals surface area contributed by atoms with Gasteiger partial charge in [-0.25, -0.2) is 0 Å². The van der Waals surface area contributed by atoms with Gasteiger partial charge in [0.1, 0.15) is 12.2 Å². The van der Waals surface area contributed by atoms with E-state index in [4.69, 9.17) is 21.1 Å². The molecule has 5 aromatic rings. The summed E-state index contributed by atoms with van der Waals surface area (Å²) >= 11 is 8.42. The van der Waals surface area contributed by atoms with Gasteiger partial charge in [0, 0.05) is 35.5 Å². The molecule has 43 heavy (non-hydrogen) atoms. The summed E-state index contributed by atoms with van der Waals surface area (Å²) in [6.07, 6.45) is 7.38. The van der Waals surface area contributed by atoms with Gasteiger partial charge in [0.25, 0.3) is 0 Å². The second-order valence-electron chi connectivity index (χ2n) is 11.6. The van der Waals surface area contributed by atoms with Gasteiger partial charge in [0.15, 0.2) is 5.79 Å². The van der Waals surface area contributed by atoms with Crippen molar-refractivity contribution in [3.8, 4) is 11.4 Å². The minimum absolute atomic E-state index is 0.139. The fourth-order valence-electron chi connectivity index (χ4n) is 6.83. The van der Waals surface area contributed by atoms with Crippen molar-refractivity contribution in [1.82, 2.24) is 9.97 Å². The molecule has 218 valence electrons. The highest BCUT2D eigenvalue weighted by molar-refractivity contribution is 7.98. The fraction of sp³-hybridized carbons (Fsp3) is 0.270. The Morgan fingerprint density at radius 3 is 2.21 bits per heavy atom. The molecule has 3 aromatic carbocycles. The van der Waals surface area contributed by atoms with E-state index >= 15 is 0 Å². The molecule has 4 atom stereocenters. The zero-order valence-corrected chi connectivity index (χ0v) is 25.7. The van der Waals surface area contributed by atoms with Gasteiger partial charge in [-0.15, -0.1) is 11.8 Å². The lowest BCUT2D eigenvalue weighted by atomic mass is 9.85. The van der Waals surface area contributed by atoms with Gasteiger partial charge >= 0.3 is 0 Å². The van der Waals surface area contributed by atoms with Crippen LogP contribution >= 0.6 is 23.4 Å². The molecule has 0 bridgehead atoms. The van der Waals surface area contributed by atoms with Crippen molar-refractivity contribution in [3.63, 3.8) is 0 Å². The maximum absolute atomic E-state index is 6.94. The largest absolute Gasteiger partial charge is 0.357 e. The summed E-state index contributed by atoms with van der Waals surface area (Å²) in [5, 5.41) is 0.799. The lowest BCUT2D eigenvalue weighted by Crippen LogP contribution is -2.26. The smallest absolute Gasteiger partial charge is 0.170 e. The summed E-state index contributed by atoms with van der Waals surface area (Å²) in [6, 6.07) is 37.9. The van der Waals surface area contributed by atoms with Gasteiger partial charge in [0.2, 0.25) is 0 Å². The molecule has 1 N–H and O–H groups in total. The first-order chi connectivity index (χ1) is 21.1. The Morgan fingerprint density at radius 1 is 0.884 bits per heavy atom. The molecule has 1 aliphatic heterocycles. The molecule has 0 amide bonds. The molecular formula is C37H35ClN2O2S. The quantitative estimate of drug-likeness (QED) is 0.179. The zero-order valence-electron chi connectivity index (χ0n) is 24.2. The number of nitrogens with zero attached hydrogens (tertiary/aromatic N) is 1. The van der Waals surface area contributed by atoms with E-state index < -0.39 is 5.79 Å². The van der Waals surface area contributed by atoms with E-state index in [-0.39, 0.29) is 18.1 Å². The Labute approximate surface area is 262 Å². The highest BCUT2D eigenvalue weighted by Gasteiger charge is 2.52. The number of ether oxygens (including phenoxy) is 2. The SMILES string of the molecule is CSc1ccc(C(C[C@H]2CCC3(C2)O[C@H](c2ccccc2)[C@@H](c2ccccc2)O3)c2ccc(-c3ccccn3)[nH]2)cc1Cl. The number of rotatable bonds is 8. The summed E-state index contributed by atoms with van der Waals surface area (Å²) in [4.78, 5) is 9.35. The van der Waals surface area contributed by atoms with Crippen LogP contribution in [0.3, 0.4) is 0 Å². The minimum Gasteiger partial charge on any atom is -0.357 e. The molecule has 1 saturated heterocycles. The molecule has 1 unspecified atom stereocenters. The van der Waals surface area contributed by atoms with E-state index in [9.17, 15) is 0 Å². The minimum atomic E-state index is -0.592. The maximum Gasteiger partial charge on any atom is 0.170 e. The van der Waals surface area contributed by atoms with E-state index in [0.29, 0.717) is 5.92 Å². The van der Waals surface area contributed by atoms with Gasteiger partial charge in [-0.1, -0.05) is 84.4 Å². The first kappa shape index (κ1) is 28.4. The lowest BCUT2D eigenvalue weighted by molar-refractivity contribution is -0.172. The number of nitrogens with one attached hydrogen (secondary N) is 1. The third-order valence-corrected chi connectivity index (χ3v) is 10.1. The van der Waals surface area contributed by atoms with Gasteiger partial charge in [0.05, 0.1) is 16.4 Å². The van der Waals surface area contributed by atoms with E-state index in [1.807, 2.05) is 24.4 Å². The molecule has 7 rings (SSSR count). The van der Waals surface area contributed by atoms with Gasteiger partial charge < -0.3 is 14.5 Å². The van der Waals surface area contributed by atoms with Crippen molar-refractivity contribution in [3.05, 3.63) is 143 Å². The molecule has 0 radical (unpaired) electrons. The van der Waals surface area contributed by atoms with Gasteiger partial charge in [-0.3, -0.25) is 4.98 Å². The van der Waals surface area contributed by atoms with Crippen LogP contribution in [0.4, 0.5) is 0 Å². The lowest BCUT2D eigenvalue weighted by Gasteiger charge is -2.25. The Kier molecular flexibility index (Phi) is 8.15. The summed E-state index contributed by atoms with van der Waals surface area (Å²) in [6.45, 7) is 0. The molecule has 1 aliphatic carbocycles. The number of aromatic nitrogens is 2. The van der Waals surface area contributed by atoms with Crippen LogP contribution < -0.4 is 0 Å². The number of thioether (sulfide) groups is 1. The average Bonchev–Trinajstić information content (AvgIpc) is 3.80. The van der Waals surface area contributed by atoms with Crippen LogP contribution in [-0.4, -0.2) is 22.0 Å². The monoisotopic (exact) mass is 606 g/mol. The maximum atomic E-state index is 6.94. The normalized spacial score (nSPS) is 21.8. The molecule has 2 aliphatic rings. The Morgan fingerprint density at radius 2 is 1.58 bits per heavy atom. The predicted octanol–water partition coefficient (Wildman–Crippen LogP) is 10.00. The molecular weight excluding hydrogens is 572 g/mol. The van der Waals surface area contributed by atoms with Crippen molar-refractivity contribution >= 4 is 23.4 Å². The summed E-state index contributed by atoms with van der Waals surface area (Å²) in [5.74, 6) is -0.00959. The first-order valence-electron chi connectivity index (χ1n) is 15.0. The number of benzene rings is 3. The predicted molar refractivity (Wildman–Crippen MR) is 174 cm³/mol. The Balaban J connectivity index is 1.17. The molecule has 6 heteroatoms. The zero-order chi connectivity index (χ0) is 29.2. The van der Waals surface area contributed by atoms with Crippen LogP contribution in [-0.2, 0) is 9.47 Å². The van der Waals surface area contributed by atoms with Crippen molar-refractivity contribution in [2.45, 2.75) is 54.5 Å². The summed E-state index contributed by atoms with van der Waals surface area (Å²) in [7, 11) is 0. The summed E-state index contributed by atoms with van der Waals surface area (Å²) < 4.78 is 13.9. The third kappa shape index (κ3) is 5.92. The van der Waals surface area contributed by atoms with Crippen LogP contribution in [0.5, 0.6) is 0 Å². The van der Waals surface area contributed by atoms with E-state index in [0.717, 1.165) is 58.1 Å². The van der Waals surface area contributed by atoms with Crippen molar-refractivity contribution in [2.24, 2.45) is 5.92 Å². The first-order valence-corrected chi connectivity index (χ1v) is 16.6. The van der Waals surface area contributed by atoms with Crippen molar-refractivity contribution in [2.75, 3.05) is 6.26 Å². The van der Waals surface area contributed by atoms with Crippen LogP contribution in [0.15, 0.2) is 120 Å². The van der Waals surface area contributed by atoms with E-state index in [2.05, 4.69) is 107 Å². The average molecular weight is 607 g/mol. The number of halogens is 1. The standard InChI is InChI=1S/C37H35ClN2O2S/c1-43-34-18-15-28(23-30(34)38)29(31-16-17-33(40-31)32-14-8-9-21-39-32)22-25-19-20-37(24-25)41-35(26-10-4-2-5-11-26)36(42-37)27-12-6-3-7-13-27/h2-18,21,23,25,29,35-36,40H,19-20,22,24H2,1H3/t25-,29?,35-,36-/m1/s1. The molecule has 3 heterocycles. The molecule has 1 spiro atoms. The Hall–Kier alpha value is -3.35. The van der Waals surface area contributed by atoms with Crippen LogP contribution in [0, 0.1) is 5.92 Å². The number of hydrogen-bond donors (Lipinski definition) is 1. The topological polar surface area (TPSA) is 47.1 Å². The second-order valence-corrected chi connectivity index (χ2v) is 12.9. The highest BCUT2D eigenvalue weighted by atomic mass is 35.5. The van der Waals surface area contributed by atoms with E-state index in [1.165, 1.54) is 11.3 Å². The Bertz CT molecular complexity index is 1610. The van der Waals surface area contributed by atoms with Crippen LogP contribution in [0.25, 0.3) is 11.4 Å². The number of aromatic amines is 1. The molecule has 2 fully saturated rings. The fourth-order valence-corrected chi connectivity index (χ4v) is 7.71. The molecule has 4 nitrogen and oxygen atoms in total. The van der Waals surface area contributed by atoms with Gasteiger partial charge in [-0.2, -0.15) is 0 Å². The molecule has 2 aromatic heterocycles. The highest BCUT2D eigenvalue weighted by Crippen LogP contribution is 2.55. The summed E-state index contributed by atoms with van der Waals surface area (Å²) in [5.41, 5.74) is 6.67.